The Kier molecular flexibility index (Phi) is 5.30. The molecule has 0 bridgehead atoms. The second kappa shape index (κ2) is 7.53. The van der Waals surface area contributed by atoms with E-state index in [2.05, 4.69) is 9.98 Å². The molecule has 0 saturated carbocycles. The van der Waals surface area contributed by atoms with Gasteiger partial charge in [0, 0.05) is 12.4 Å². The van der Waals surface area contributed by atoms with Crippen molar-refractivity contribution in [3.8, 4) is 0 Å². The van der Waals surface area contributed by atoms with Gasteiger partial charge in [-0.15, -0.1) is 0 Å². The molecular formula is C14H12N2S2. The Morgan fingerprint density at radius 1 is 0.611 bits per heavy atom. The van der Waals surface area contributed by atoms with Crippen molar-refractivity contribution in [1.82, 2.24) is 0 Å². The van der Waals surface area contributed by atoms with Crippen molar-refractivity contribution in [2.75, 3.05) is 0 Å². The highest BCUT2D eigenvalue weighted by atomic mass is 32.1. The van der Waals surface area contributed by atoms with E-state index in [1.54, 1.807) is 35.1 Å². The van der Waals surface area contributed by atoms with Gasteiger partial charge in [-0.05, 0) is 33.7 Å². The number of aliphatic imine (C=N–C) groups is 2. The second-order valence-electron chi connectivity index (χ2n) is 3.25. The van der Waals surface area contributed by atoms with Gasteiger partial charge in [0.25, 0.3) is 0 Å². The van der Waals surface area contributed by atoms with Crippen LogP contribution in [0.4, 0.5) is 0 Å². The van der Waals surface area contributed by atoms with Crippen LogP contribution in [-0.2, 0) is 0 Å². The standard InChI is InChI=1S/C6H4N2.2C4H4S/c1-3-7-6-2-4-8-5(1)6;2*1-2-4-5-3-1/h1-4H;2*1-4H. The summed E-state index contributed by atoms with van der Waals surface area (Å²) in [5.74, 6) is 0. The zero-order chi connectivity index (χ0) is 12.5. The van der Waals surface area contributed by atoms with Gasteiger partial charge in [0.15, 0.2) is 0 Å². The maximum Gasteiger partial charge on any atom is 0.0901 e. The number of allylic oxidation sites excluding steroid dienone is 2. The summed E-state index contributed by atoms with van der Waals surface area (Å²) in [6, 6.07) is 8.07. The van der Waals surface area contributed by atoms with E-state index in [1.807, 2.05) is 57.9 Å². The number of thiophene rings is 2. The number of nitrogens with zero attached hydrogens (tertiary/aromatic N) is 2. The molecule has 0 aromatic carbocycles. The molecule has 2 nitrogen and oxygen atoms in total. The van der Waals surface area contributed by atoms with Crippen LogP contribution in [0.5, 0.6) is 0 Å². The molecular weight excluding hydrogens is 260 g/mol. The molecule has 0 aliphatic carbocycles. The van der Waals surface area contributed by atoms with Crippen LogP contribution in [0.25, 0.3) is 0 Å². The maximum atomic E-state index is 4.02. The normalized spacial score (nSPS) is 13.8. The minimum atomic E-state index is 0.991. The highest BCUT2D eigenvalue weighted by Gasteiger charge is 2.07. The van der Waals surface area contributed by atoms with E-state index >= 15 is 0 Å². The SMILES string of the molecule is C1=NC2=CC=NC2=C1.c1ccsc1.c1ccsc1. The van der Waals surface area contributed by atoms with Gasteiger partial charge in [-0.2, -0.15) is 22.7 Å². The van der Waals surface area contributed by atoms with Gasteiger partial charge in [-0.1, -0.05) is 24.3 Å². The summed E-state index contributed by atoms with van der Waals surface area (Å²) in [7, 11) is 0. The molecule has 2 aromatic heterocycles. The van der Waals surface area contributed by atoms with Gasteiger partial charge in [0.1, 0.15) is 0 Å². The van der Waals surface area contributed by atoms with E-state index in [0.29, 0.717) is 0 Å². The fraction of sp³-hybridized carbons (Fsp3) is 0. The second-order valence-corrected chi connectivity index (χ2v) is 4.88. The lowest BCUT2D eigenvalue weighted by Gasteiger charge is -1.83. The third-order valence-corrected chi connectivity index (χ3v) is 3.26. The summed E-state index contributed by atoms with van der Waals surface area (Å²) in [5.41, 5.74) is 1.98. The molecule has 0 atom stereocenters. The summed E-state index contributed by atoms with van der Waals surface area (Å²) in [5, 5.41) is 8.17. The maximum absolute atomic E-state index is 4.02. The molecule has 4 rings (SSSR count). The van der Waals surface area contributed by atoms with Crippen LogP contribution in [0.1, 0.15) is 0 Å². The van der Waals surface area contributed by atoms with E-state index in [1.165, 1.54) is 0 Å². The summed E-state index contributed by atoms with van der Waals surface area (Å²) < 4.78 is 0. The smallest absolute Gasteiger partial charge is 0.0901 e. The summed E-state index contributed by atoms with van der Waals surface area (Å²) in [4.78, 5) is 8.03. The Balaban J connectivity index is 0.000000106. The molecule has 2 aliphatic heterocycles. The van der Waals surface area contributed by atoms with E-state index in [4.69, 9.17) is 0 Å². The predicted molar refractivity (Wildman–Crippen MR) is 81.8 cm³/mol. The quantitative estimate of drug-likeness (QED) is 0.678. The van der Waals surface area contributed by atoms with Crippen molar-refractivity contribution in [3.63, 3.8) is 0 Å². The number of fused-ring (bicyclic) bond motifs is 1. The fourth-order valence-corrected chi connectivity index (χ4v) is 2.13. The Bertz CT molecular complexity index is 460. The third-order valence-electron chi connectivity index (χ3n) is 2.01. The Labute approximate surface area is 114 Å². The first-order valence-electron chi connectivity index (χ1n) is 5.40. The highest BCUT2D eigenvalue weighted by molar-refractivity contribution is 7.08. The third kappa shape index (κ3) is 4.24. The van der Waals surface area contributed by atoms with Gasteiger partial charge in [-0.25, -0.2) is 0 Å². The molecule has 0 amide bonds. The van der Waals surface area contributed by atoms with Crippen molar-refractivity contribution in [2.45, 2.75) is 0 Å². The molecule has 0 unspecified atom stereocenters. The van der Waals surface area contributed by atoms with E-state index < -0.39 is 0 Å². The molecule has 0 N–H and O–H groups in total. The molecule has 4 heteroatoms. The van der Waals surface area contributed by atoms with Gasteiger partial charge in [0.05, 0.1) is 11.4 Å². The molecule has 0 saturated heterocycles. The lowest BCUT2D eigenvalue weighted by Crippen LogP contribution is -1.66. The first kappa shape index (κ1) is 12.7. The number of hydrogen-bond donors (Lipinski definition) is 0. The summed E-state index contributed by atoms with van der Waals surface area (Å²) >= 11 is 3.43. The van der Waals surface area contributed by atoms with Gasteiger partial charge < -0.3 is 0 Å². The van der Waals surface area contributed by atoms with Crippen LogP contribution >= 0.6 is 22.7 Å². The van der Waals surface area contributed by atoms with Crippen LogP contribution in [0, 0.1) is 0 Å². The lowest BCUT2D eigenvalue weighted by molar-refractivity contribution is 1.33. The van der Waals surface area contributed by atoms with Gasteiger partial charge >= 0.3 is 0 Å². The molecule has 90 valence electrons. The van der Waals surface area contributed by atoms with Crippen molar-refractivity contribution >= 4 is 35.1 Å². The predicted octanol–water partition coefficient (Wildman–Crippen LogP) is 4.42. The van der Waals surface area contributed by atoms with Crippen LogP contribution in [-0.4, -0.2) is 12.4 Å². The summed E-state index contributed by atoms with van der Waals surface area (Å²) in [6.07, 6.45) is 7.32. The minimum Gasteiger partial charge on any atom is -0.254 e. The topological polar surface area (TPSA) is 24.7 Å². The van der Waals surface area contributed by atoms with Crippen molar-refractivity contribution in [3.05, 3.63) is 69.3 Å². The molecule has 0 spiro atoms. The Hall–Kier alpha value is -1.78. The van der Waals surface area contributed by atoms with Crippen LogP contribution in [0.2, 0.25) is 0 Å². The molecule has 2 aliphatic rings. The highest BCUT2D eigenvalue weighted by Crippen LogP contribution is 2.19. The zero-order valence-electron chi connectivity index (χ0n) is 9.64. The van der Waals surface area contributed by atoms with Gasteiger partial charge in [0.2, 0.25) is 0 Å². The van der Waals surface area contributed by atoms with Crippen molar-refractivity contribution in [2.24, 2.45) is 9.98 Å². The average Bonchev–Trinajstić information content (AvgIpc) is 3.18. The van der Waals surface area contributed by atoms with Crippen LogP contribution in [0.3, 0.4) is 0 Å². The Morgan fingerprint density at radius 3 is 1.28 bits per heavy atom. The van der Waals surface area contributed by atoms with Crippen LogP contribution in [0.15, 0.2) is 79.3 Å². The minimum absolute atomic E-state index is 0.991. The molecule has 0 fully saturated rings. The van der Waals surface area contributed by atoms with Gasteiger partial charge in [-0.3, -0.25) is 9.98 Å². The van der Waals surface area contributed by atoms with Crippen molar-refractivity contribution in [1.29, 1.82) is 0 Å². The first-order chi connectivity index (χ1) is 8.97. The largest absolute Gasteiger partial charge is 0.254 e. The van der Waals surface area contributed by atoms with E-state index in [9.17, 15) is 0 Å². The monoisotopic (exact) mass is 272 g/mol. The van der Waals surface area contributed by atoms with E-state index in [0.717, 1.165) is 11.4 Å². The number of rotatable bonds is 0. The Morgan fingerprint density at radius 2 is 1.00 bits per heavy atom. The average molecular weight is 272 g/mol. The molecule has 4 heterocycles. The molecule has 2 aromatic rings. The summed E-state index contributed by atoms with van der Waals surface area (Å²) in [6.45, 7) is 0. The molecule has 0 radical (unpaired) electrons. The molecule has 18 heavy (non-hydrogen) atoms. The lowest BCUT2D eigenvalue weighted by atomic mass is 10.4. The zero-order valence-corrected chi connectivity index (χ0v) is 11.3. The fourth-order valence-electron chi connectivity index (χ4n) is 1.22. The first-order valence-corrected chi connectivity index (χ1v) is 7.29. The van der Waals surface area contributed by atoms with Crippen LogP contribution < -0.4 is 0 Å². The van der Waals surface area contributed by atoms with E-state index in [-0.39, 0.29) is 0 Å². The van der Waals surface area contributed by atoms with Crippen molar-refractivity contribution < 1.29 is 0 Å². The number of hydrogen-bond acceptors (Lipinski definition) is 4.